The van der Waals surface area contributed by atoms with Crippen molar-refractivity contribution in [2.45, 2.75) is 25.3 Å². The second-order valence-corrected chi connectivity index (χ2v) is 5.22. The maximum Gasteiger partial charge on any atom is 0.148 e. The van der Waals surface area contributed by atoms with Crippen molar-refractivity contribution in [2.24, 2.45) is 0 Å². The summed E-state index contributed by atoms with van der Waals surface area (Å²) in [7, 11) is 0. The van der Waals surface area contributed by atoms with E-state index in [-0.39, 0.29) is 11.8 Å². The SMILES string of the molecule is CC(=O)C1C(c2ccccc2)CCN1I. The summed E-state index contributed by atoms with van der Waals surface area (Å²) in [6.07, 6.45) is 1.08. The van der Waals surface area contributed by atoms with Crippen molar-refractivity contribution in [3.05, 3.63) is 35.9 Å². The van der Waals surface area contributed by atoms with Gasteiger partial charge in [0, 0.05) is 35.3 Å². The quantitative estimate of drug-likeness (QED) is 0.618. The molecule has 0 amide bonds. The molecule has 0 aliphatic carbocycles. The van der Waals surface area contributed by atoms with Crippen LogP contribution in [0.15, 0.2) is 30.3 Å². The zero-order valence-corrected chi connectivity index (χ0v) is 10.8. The van der Waals surface area contributed by atoms with Crippen LogP contribution in [0.2, 0.25) is 0 Å². The molecule has 1 aromatic rings. The number of benzene rings is 1. The fraction of sp³-hybridized carbons (Fsp3) is 0.417. The first-order valence-corrected chi connectivity index (χ1v) is 6.14. The van der Waals surface area contributed by atoms with Crippen molar-refractivity contribution in [2.75, 3.05) is 6.54 Å². The maximum atomic E-state index is 11.6. The Bertz CT molecular complexity index is 352. The van der Waals surface area contributed by atoms with E-state index in [1.165, 1.54) is 5.56 Å². The van der Waals surface area contributed by atoms with Crippen LogP contribution < -0.4 is 0 Å². The number of Topliss-reactive ketones (excluding diaryl/α,β-unsaturated/α-hetero) is 1. The molecule has 2 unspecified atom stereocenters. The second kappa shape index (κ2) is 4.61. The molecule has 0 radical (unpaired) electrons. The van der Waals surface area contributed by atoms with Gasteiger partial charge < -0.3 is 0 Å². The van der Waals surface area contributed by atoms with Gasteiger partial charge in [-0.2, -0.15) is 0 Å². The molecular formula is C12H14INO. The Hall–Kier alpha value is -0.420. The van der Waals surface area contributed by atoms with Crippen LogP contribution >= 0.6 is 22.9 Å². The summed E-state index contributed by atoms with van der Waals surface area (Å²) in [5.41, 5.74) is 1.29. The van der Waals surface area contributed by atoms with Gasteiger partial charge in [-0.3, -0.25) is 4.79 Å². The molecule has 15 heavy (non-hydrogen) atoms. The van der Waals surface area contributed by atoms with E-state index in [4.69, 9.17) is 0 Å². The molecule has 0 aromatic heterocycles. The molecule has 1 saturated heterocycles. The fourth-order valence-corrected chi connectivity index (χ4v) is 3.34. The van der Waals surface area contributed by atoms with Crippen LogP contribution in [0.1, 0.15) is 24.8 Å². The lowest BCUT2D eigenvalue weighted by Gasteiger charge is -2.20. The van der Waals surface area contributed by atoms with Crippen LogP contribution in [0.5, 0.6) is 0 Å². The Kier molecular flexibility index (Phi) is 3.41. The van der Waals surface area contributed by atoms with E-state index >= 15 is 0 Å². The third-order valence-corrected chi connectivity index (χ3v) is 4.06. The van der Waals surface area contributed by atoms with Crippen LogP contribution in [0.4, 0.5) is 0 Å². The Morgan fingerprint density at radius 3 is 2.67 bits per heavy atom. The van der Waals surface area contributed by atoms with Crippen molar-refractivity contribution in [3.63, 3.8) is 0 Å². The predicted molar refractivity (Wildman–Crippen MR) is 69.0 cm³/mol. The first-order chi connectivity index (χ1) is 7.20. The van der Waals surface area contributed by atoms with Gasteiger partial charge in [0.05, 0.1) is 6.04 Å². The molecule has 1 aliphatic heterocycles. The van der Waals surface area contributed by atoms with Gasteiger partial charge in [-0.25, -0.2) is 3.11 Å². The number of nitrogens with zero attached hydrogens (tertiary/aromatic N) is 1. The third-order valence-electron chi connectivity index (χ3n) is 2.98. The molecule has 2 atom stereocenters. The highest BCUT2D eigenvalue weighted by Crippen LogP contribution is 2.35. The molecular weight excluding hydrogens is 301 g/mol. The van der Waals surface area contributed by atoms with Crippen molar-refractivity contribution in [3.8, 4) is 0 Å². The molecule has 2 rings (SSSR count). The number of rotatable bonds is 2. The molecule has 2 nitrogen and oxygen atoms in total. The van der Waals surface area contributed by atoms with E-state index in [9.17, 15) is 4.79 Å². The monoisotopic (exact) mass is 315 g/mol. The summed E-state index contributed by atoms with van der Waals surface area (Å²) in [6.45, 7) is 2.70. The highest BCUT2D eigenvalue weighted by molar-refractivity contribution is 14.1. The number of hydrogen-bond acceptors (Lipinski definition) is 2. The topological polar surface area (TPSA) is 20.3 Å². The minimum absolute atomic E-state index is 0.0630. The summed E-state index contributed by atoms with van der Waals surface area (Å²) < 4.78 is 2.14. The molecule has 0 spiro atoms. The number of ketones is 1. The van der Waals surface area contributed by atoms with Crippen molar-refractivity contribution < 1.29 is 4.79 Å². The molecule has 80 valence electrons. The molecule has 1 aliphatic rings. The summed E-state index contributed by atoms with van der Waals surface area (Å²) in [4.78, 5) is 11.6. The van der Waals surface area contributed by atoms with Crippen LogP contribution in [-0.2, 0) is 4.79 Å². The molecule has 0 bridgehead atoms. The summed E-state index contributed by atoms with van der Waals surface area (Å²) in [6, 6.07) is 10.4. The Balaban J connectivity index is 2.26. The molecule has 3 heteroatoms. The maximum absolute atomic E-state index is 11.6. The zero-order chi connectivity index (χ0) is 10.8. The summed E-state index contributed by atoms with van der Waals surface area (Å²) >= 11 is 2.26. The van der Waals surface area contributed by atoms with E-state index in [1.807, 2.05) is 18.2 Å². The normalized spacial score (nSPS) is 26.8. The van der Waals surface area contributed by atoms with Crippen molar-refractivity contribution in [1.82, 2.24) is 3.11 Å². The van der Waals surface area contributed by atoms with Crippen LogP contribution in [0.25, 0.3) is 0 Å². The number of carbonyl (C=O) groups is 1. The zero-order valence-electron chi connectivity index (χ0n) is 8.69. The van der Waals surface area contributed by atoms with E-state index in [0.717, 1.165) is 13.0 Å². The molecule has 1 fully saturated rings. The summed E-state index contributed by atoms with van der Waals surface area (Å²) in [5.74, 6) is 0.649. The van der Waals surface area contributed by atoms with E-state index < -0.39 is 0 Å². The van der Waals surface area contributed by atoms with Gasteiger partial charge in [0.25, 0.3) is 0 Å². The molecule has 0 saturated carbocycles. The van der Waals surface area contributed by atoms with Gasteiger partial charge in [-0.15, -0.1) is 0 Å². The average Bonchev–Trinajstić information content (AvgIpc) is 2.61. The highest BCUT2D eigenvalue weighted by Gasteiger charge is 2.36. The van der Waals surface area contributed by atoms with Crippen LogP contribution in [0, 0.1) is 0 Å². The Morgan fingerprint density at radius 1 is 1.40 bits per heavy atom. The van der Waals surface area contributed by atoms with Crippen LogP contribution in [-0.4, -0.2) is 21.5 Å². The number of halogens is 1. The van der Waals surface area contributed by atoms with Gasteiger partial charge in [-0.05, 0) is 18.9 Å². The first-order valence-electron chi connectivity index (χ1n) is 5.18. The standard InChI is InChI=1S/C12H14INO/c1-9(15)12-11(7-8-14(12)13)10-5-3-2-4-6-10/h2-6,11-12H,7-8H2,1H3. The van der Waals surface area contributed by atoms with Gasteiger partial charge in [0.2, 0.25) is 0 Å². The number of carbonyl (C=O) groups excluding carboxylic acids is 1. The first kappa shape index (κ1) is 11.1. The minimum atomic E-state index is 0.0630. The van der Waals surface area contributed by atoms with E-state index in [2.05, 4.69) is 38.1 Å². The van der Waals surface area contributed by atoms with Gasteiger partial charge in [-0.1, -0.05) is 30.3 Å². The third kappa shape index (κ3) is 2.23. The molecule has 0 N–H and O–H groups in total. The molecule has 1 heterocycles. The Morgan fingerprint density at radius 2 is 2.07 bits per heavy atom. The van der Waals surface area contributed by atoms with E-state index in [1.54, 1.807) is 6.92 Å². The number of hydrogen-bond donors (Lipinski definition) is 0. The lowest BCUT2D eigenvalue weighted by Crippen LogP contribution is -2.31. The van der Waals surface area contributed by atoms with Gasteiger partial charge >= 0.3 is 0 Å². The minimum Gasteiger partial charge on any atom is -0.298 e. The van der Waals surface area contributed by atoms with Crippen molar-refractivity contribution >= 4 is 28.6 Å². The highest BCUT2D eigenvalue weighted by atomic mass is 127. The molecule has 1 aromatic carbocycles. The predicted octanol–water partition coefficient (Wildman–Crippen LogP) is 2.78. The van der Waals surface area contributed by atoms with Gasteiger partial charge in [0.15, 0.2) is 0 Å². The smallest absolute Gasteiger partial charge is 0.148 e. The average molecular weight is 315 g/mol. The largest absolute Gasteiger partial charge is 0.298 e. The second-order valence-electron chi connectivity index (χ2n) is 3.98. The lowest BCUT2D eigenvalue weighted by atomic mass is 9.90. The Labute approximate surface area is 104 Å². The van der Waals surface area contributed by atoms with Gasteiger partial charge in [0.1, 0.15) is 5.78 Å². The van der Waals surface area contributed by atoms with E-state index in [0.29, 0.717) is 5.92 Å². The van der Waals surface area contributed by atoms with Crippen molar-refractivity contribution in [1.29, 1.82) is 0 Å². The summed E-state index contributed by atoms with van der Waals surface area (Å²) in [5, 5.41) is 0. The lowest BCUT2D eigenvalue weighted by molar-refractivity contribution is -0.119. The fourth-order valence-electron chi connectivity index (χ4n) is 2.28. The van der Waals surface area contributed by atoms with Crippen LogP contribution in [0.3, 0.4) is 0 Å².